The molecule has 9 heteroatoms. The van der Waals surface area contributed by atoms with Crippen LogP contribution in [-0.4, -0.2) is 34.7 Å². The molecule has 3 rings (SSSR count). The molecule has 9 nitrogen and oxygen atoms in total. The Bertz CT molecular complexity index is 989. The number of ether oxygens (including phenoxy) is 2. The number of aromatic nitrogens is 2. The van der Waals surface area contributed by atoms with Crippen molar-refractivity contribution < 1.29 is 23.5 Å². The van der Waals surface area contributed by atoms with Crippen LogP contribution in [0.25, 0.3) is 11.5 Å². The number of benzene rings is 2. The smallest absolute Gasteiger partial charge is 0.279 e. The molecule has 2 N–H and O–H groups in total. The topological polar surface area (TPSA) is 116 Å². The number of hydrazine groups is 1. The van der Waals surface area contributed by atoms with Crippen LogP contribution in [0.1, 0.15) is 26.2 Å². The van der Waals surface area contributed by atoms with Crippen molar-refractivity contribution in [2.24, 2.45) is 0 Å². The van der Waals surface area contributed by atoms with E-state index in [2.05, 4.69) is 21.0 Å². The first kappa shape index (κ1) is 21.8. The fourth-order valence-corrected chi connectivity index (χ4v) is 2.61. The normalized spacial score (nSPS) is 11.4. The lowest BCUT2D eigenvalue weighted by atomic mass is 10.2. The number of hydrogen-bond acceptors (Lipinski definition) is 7. The van der Waals surface area contributed by atoms with Crippen molar-refractivity contribution in [3.05, 3.63) is 60.5 Å². The van der Waals surface area contributed by atoms with Crippen molar-refractivity contribution in [2.45, 2.75) is 32.8 Å². The van der Waals surface area contributed by atoms with Gasteiger partial charge in [0.2, 0.25) is 17.7 Å². The Morgan fingerprint density at radius 2 is 1.71 bits per heavy atom. The first-order chi connectivity index (χ1) is 15.0. The van der Waals surface area contributed by atoms with Crippen LogP contribution >= 0.6 is 0 Å². The lowest BCUT2D eigenvalue weighted by Gasteiger charge is -2.15. The molecule has 0 fully saturated rings. The van der Waals surface area contributed by atoms with E-state index < -0.39 is 12.0 Å². The monoisotopic (exact) mass is 424 g/mol. The summed E-state index contributed by atoms with van der Waals surface area (Å²) in [6.07, 6.45) is -0.479. The van der Waals surface area contributed by atoms with E-state index >= 15 is 0 Å². The maximum Gasteiger partial charge on any atom is 0.279 e. The van der Waals surface area contributed by atoms with Crippen LogP contribution in [0.15, 0.2) is 59.0 Å². The Hall–Kier alpha value is -3.88. The molecule has 1 atom stereocenters. The van der Waals surface area contributed by atoms with E-state index in [0.717, 1.165) is 11.3 Å². The van der Waals surface area contributed by atoms with Gasteiger partial charge in [-0.1, -0.05) is 18.2 Å². The van der Waals surface area contributed by atoms with Crippen molar-refractivity contribution in [3.63, 3.8) is 0 Å². The van der Waals surface area contributed by atoms with Crippen LogP contribution in [-0.2, 0) is 16.0 Å². The summed E-state index contributed by atoms with van der Waals surface area (Å²) >= 11 is 0. The van der Waals surface area contributed by atoms with Crippen LogP contribution in [0.3, 0.4) is 0 Å². The minimum absolute atomic E-state index is 0.0742. The molecule has 0 bridgehead atoms. The molecule has 0 aliphatic carbocycles. The molecule has 1 unspecified atom stereocenters. The molecule has 162 valence electrons. The second-order valence-electron chi connectivity index (χ2n) is 6.57. The highest BCUT2D eigenvalue weighted by atomic mass is 16.5. The van der Waals surface area contributed by atoms with Gasteiger partial charge in [0.15, 0.2) is 6.10 Å². The SMILES string of the molecule is CCOc1ccc(OC(C)C(=O)NNC(=O)CCc2nnc(-c3ccccc3)o2)cc1. The summed E-state index contributed by atoms with van der Waals surface area (Å²) in [4.78, 5) is 24.1. The summed E-state index contributed by atoms with van der Waals surface area (Å²) < 4.78 is 16.5. The van der Waals surface area contributed by atoms with Crippen LogP contribution in [0.2, 0.25) is 0 Å². The van der Waals surface area contributed by atoms with E-state index in [1.807, 2.05) is 37.3 Å². The van der Waals surface area contributed by atoms with E-state index in [0.29, 0.717) is 24.1 Å². The number of hydrogen-bond donors (Lipinski definition) is 2. The van der Waals surface area contributed by atoms with Crippen molar-refractivity contribution in [1.82, 2.24) is 21.0 Å². The summed E-state index contributed by atoms with van der Waals surface area (Å²) in [6, 6.07) is 16.3. The van der Waals surface area contributed by atoms with Crippen molar-refractivity contribution >= 4 is 11.8 Å². The number of carbonyl (C=O) groups is 2. The maximum atomic E-state index is 12.1. The zero-order chi connectivity index (χ0) is 22.1. The first-order valence-electron chi connectivity index (χ1n) is 9.91. The van der Waals surface area contributed by atoms with Gasteiger partial charge in [0.1, 0.15) is 11.5 Å². The van der Waals surface area contributed by atoms with E-state index in [1.165, 1.54) is 0 Å². The van der Waals surface area contributed by atoms with E-state index in [1.54, 1.807) is 31.2 Å². The van der Waals surface area contributed by atoms with Gasteiger partial charge in [-0.3, -0.25) is 20.4 Å². The summed E-state index contributed by atoms with van der Waals surface area (Å²) in [5.74, 6) is 1.10. The average Bonchev–Trinajstić information content (AvgIpc) is 3.27. The van der Waals surface area contributed by atoms with Crippen LogP contribution in [0.5, 0.6) is 11.5 Å². The van der Waals surface area contributed by atoms with Gasteiger partial charge in [-0.25, -0.2) is 0 Å². The predicted molar refractivity (Wildman–Crippen MR) is 112 cm³/mol. The number of carbonyl (C=O) groups excluding carboxylic acids is 2. The van der Waals surface area contributed by atoms with Crippen molar-refractivity contribution in [1.29, 1.82) is 0 Å². The minimum Gasteiger partial charge on any atom is -0.494 e. The Kier molecular flexibility index (Phi) is 7.58. The molecular formula is C22H24N4O5. The molecule has 1 aromatic heterocycles. The molecule has 3 aromatic rings. The molecule has 0 spiro atoms. The number of nitrogens with one attached hydrogen (secondary N) is 2. The predicted octanol–water partition coefficient (Wildman–Crippen LogP) is 2.68. The summed E-state index contributed by atoms with van der Waals surface area (Å²) in [6.45, 7) is 4.05. The standard InChI is InChI=1S/C22H24N4O5/c1-3-29-17-9-11-18(12-10-17)30-15(2)21(28)25-23-19(27)13-14-20-24-26-22(31-20)16-7-5-4-6-8-16/h4-12,15H,3,13-14H2,1-2H3,(H,23,27)(H,25,28). The van der Waals surface area contributed by atoms with Gasteiger partial charge in [0, 0.05) is 18.4 Å². The van der Waals surface area contributed by atoms with Gasteiger partial charge < -0.3 is 13.9 Å². The lowest BCUT2D eigenvalue weighted by molar-refractivity contribution is -0.132. The maximum absolute atomic E-state index is 12.1. The van der Waals surface area contributed by atoms with Crippen LogP contribution < -0.4 is 20.3 Å². The molecule has 0 saturated heterocycles. The second kappa shape index (κ2) is 10.8. The largest absolute Gasteiger partial charge is 0.494 e. The number of nitrogens with zero attached hydrogens (tertiary/aromatic N) is 2. The van der Waals surface area contributed by atoms with E-state index in [-0.39, 0.29) is 18.7 Å². The van der Waals surface area contributed by atoms with Gasteiger partial charge in [-0.15, -0.1) is 10.2 Å². The van der Waals surface area contributed by atoms with Crippen molar-refractivity contribution in [2.75, 3.05) is 6.61 Å². The Morgan fingerprint density at radius 1 is 1.00 bits per heavy atom. The number of rotatable bonds is 9. The molecule has 2 amide bonds. The number of amides is 2. The van der Waals surface area contributed by atoms with Gasteiger partial charge in [0.25, 0.3) is 5.91 Å². The molecule has 0 saturated carbocycles. The van der Waals surface area contributed by atoms with Crippen molar-refractivity contribution in [3.8, 4) is 23.0 Å². The summed E-state index contributed by atoms with van der Waals surface area (Å²) in [5.41, 5.74) is 5.51. The van der Waals surface area contributed by atoms with Crippen LogP contribution in [0.4, 0.5) is 0 Å². The average molecular weight is 424 g/mol. The van der Waals surface area contributed by atoms with E-state index in [4.69, 9.17) is 13.9 Å². The molecule has 2 aromatic carbocycles. The fraction of sp³-hybridized carbons (Fsp3) is 0.273. The highest BCUT2D eigenvalue weighted by Crippen LogP contribution is 2.19. The quantitative estimate of drug-likeness (QED) is 0.507. The Labute approximate surface area is 179 Å². The van der Waals surface area contributed by atoms with Gasteiger partial charge in [0.05, 0.1) is 6.61 Å². The second-order valence-corrected chi connectivity index (χ2v) is 6.57. The molecule has 31 heavy (non-hydrogen) atoms. The molecule has 0 radical (unpaired) electrons. The summed E-state index contributed by atoms with van der Waals surface area (Å²) in [5, 5.41) is 7.91. The third-order valence-corrected chi connectivity index (χ3v) is 4.20. The highest BCUT2D eigenvalue weighted by Gasteiger charge is 2.16. The third kappa shape index (κ3) is 6.56. The van der Waals surface area contributed by atoms with Gasteiger partial charge in [-0.05, 0) is 50.2 Å². The first-order valence-corrected chi connectivity index (χ1v) is 9.91. The van der Waals surface area contributed by atoms with E-state index in [9.17, 15) is 9.59 Å². The summed E-state index contributed by atoms with van der Waals surface area (Å²) in [7, 11) is 0. The molecule has 1 heterocycles. The molecule has 0 aliphatic heterocycles. The lowest BCUT2D eigenvalue weighted by Crippen LogP contribution is -2.47. The third-order valence-electron chi connectivity index (χ3n) is 4.20. The van der Waals surface area contributed by atoms with Crippen LogP contribution in [0, 0.1) is 0 Å². The van der Waals surface area contributed by atoms with Gasteiger partial charge >= 0.3 is 0 Å². The highest BCUT2D eigenvalue weighted by molar-refractivity contribution is 5.84. The number of aryl methyl sites for hydroxylation is 1. The van der Waals surface area contributed by atoms with Gasteiger partial charge in [-0.2, -0.15) is 0 Å². The zero-order valence-electron chi connectivity index (χ0n) is 17.3. The molecular weight excluding hydrogens is 400 g/mol. The molecule has 0 aliphatic rings. The Balaban J connectivity index is 1.39. The fourth-order valence-electron chi connectivity index (χ4n) is 2.61. The minimum atomic E-state index is -0.803. The Morgan fingerprint density at radius 3 is 2.42 bits per heavy atom. The zero-order valence-corrected chi connectivity index (χ0v) is 17.3.